The summed E-state index contributed by atoms with van der Waals surface area (Å²) in [4.78, 5) is 26.6. The minimum atomic E-state index is -3.64. The summed E-state index contributed by atoms with van der Waals surface area (Å²) in [5.41, 5.74) is 1.45. The fourth-order valence-corrected chi connectivity index (χ4v) is 3.00. The minimum Gasteiger partial charge on any atom is -0.370 e. The molecule has 2 atom stereocenters. The molecule has 0 aliphatic carbocycles. The molecular weight excluding hydrogens is 329 g/mol. The number of aromatic nitrogens is 4. The molecule has 0 spiro atoms. The number of fused-ring (bicyclic) bond motifs is 1. The van der Waals surface area contributed by atoms with Gasteiger partial charge in [0.05, 0.1) is 24.6 Å². The van der Waals surface area contributed by atoms with Crippen LogP contribution in [0.15, 0.2) is 12.5 Å². The second-order valence-electron chi connectivity index (χ2n) is 4.89. The number of imidazole rings is 1. The average molecular weight is 345 g/mol. The number of hydrogen-bond donors (Lipinski definition) is 3. The molecule has 11 heteroatoms. The van der Waals surface area contributed by atoms with Gasteiger partial charge in [0, 0.05) is 7.05 Å². The number of nitrogens with one attached hydrogen (secondary N) is 1. The van der Waals surface area contributed by atoms with Gasteiger partial charge in [-0.25, -0.2) is 14.5 Å². The lowest BCUT2D eigenvalue weighted by atomic mass is 10.1. The van der Waals surface area contributed by atoms with Crippen LogP contribution in [0.3, 0.4) is 0 Å². The lowest BCUT2D eigenvalue weighted by Crippen LogP contribution is -2.14. The van der Waals surface area contributed by atoms with Crippen LogP contribution in [0.1, 0.15) is 24.6 Å². The van der Waals surface area contributed by atoms with Crippen LogP contribution in [0.25, 0.3) is 5.65 Å². The highest BCUT2D eigenvalue weighted by atomic mass is 32.5. The Morgan fingerprint density at radius 3 is 3.05 bits per heavy atom. The third kappa shape index (κ3) is 3.27. The number of rotatable bonds is 5. The van der Waals surface area contributed by atoms with E-state index < -0.39 is 6.72 Å². The summed E-state index contributed by atoms with van der Waals surface area (Å²) < 4.78 is 12.4. The van der Waals surface area contributed by atoms with Crippen LogP contribution in [0.4, 0.5) is 5.82 Å². The second-order valence-corrected chi connectivity index (χ2v) is 7.55. The summed E-state index contributed by atoms with van der Waals surface area (Å²) >= 11 is 4.43. The Labute approximate surface area is 131 Å². The standard InChI is InChI=1S/C11H16N5O4PS/c1-12-10-11-13-4-8(16(11)15-6-14-10)9-3-2-7(20-9)5-19-21(17,18)22/h4,6-7,9H,2-3,5H2,1H3,(H,12,14,15)(H2,17,18,22)/t7-,9+/m0/s1. The molecule has 1 aliphatic heterocycles. The zero-order valence-corrected chi connectivity index (χ0v) is 13.5. The van der Waals surface area contributed by atoms with E-state index in [1.54, 1.807) is 17.8 Å². The Morgan fingerprint density at radius 2 is 2.32 bits per heavy atom. The van der Waals surface area contributed by atoms with Gasteiger partial charge in [-0.05, 0) is 24.6 Å². The smallest absolute Gasteiger partial charge is 0.321 e. The number of ether oxygens (including phenoxy) is 1. The second kappa shape index (κ2) is 6.15. The van der Waals surface area contributed by atoms with Crippen molar-refractivity contribution in [2.24, 2.45) is 0 Å². The van der Waals surface area contributed by atoms with Crippen LogP contribution in [-0.4, -0.2) is 49.1 Å². The van der Waals surface area contributed by atoms with Gasteiger partial charge in [0.15, 0.2) is 11.5 Å². The molecule has 3 rings (SSSR count). The Bertz CT molecular complexity index is 720. The lowest BCUT2D eigenvalue weighted by molar-refractivity contribution is 0.0117. The maximum absolute atomic E-state index is 9.09. The molecule has 0 unspecified atom stereocenters. The highest BCUT2D eigenvalue weighted by Crippen LogP contribution is 2.39. The Balaban J connectivity index is 1.75. The predicted octanol–water partition coefficient (Wildman–Crippen LogP) is 0.612. The van der Waals surface area contributed by atoms with Gasteiger partial charge >= 0.3 is 6.72 Å². The molecule has 0 radical (unpaired) electrons. The largest absolute Gasteiger partial charge is 0.370 e. The Kier molecular flexibility index (Phi) is 4.40. The summed E-state index contributed by atoms with van der Waals surface area (Å²) in [6.45, 7) is -3.58. The predicted molar refractivity (Wildman–Crippen MR) is 81.9 cm³/mol. The van der Waals surface area contributed by atoms with Crippen LogP contribution < -0.4 is 5.32 Å². The van der Waals surface area contributed by atoms with Gasteiger partial charge < -0.3 is 24.4 Å². The lowest BCUT2D eigenvalue weighted by Gasteiger charge is -2.15. The average Bonchev–Trinajstić information content (AvgIpc) is 3.10. The van der Waals surface area contributed by atoms with E-state index in [9.17, 15) is 0 Å². The van der Waals surface area contributed by atoms with E-state index >= 15 is 0 Å². The van der Waals surface area contributed by atoms with E-state index in [0.29, 0.717) is 11.5 Å². The first-order valence-corrected chi connectivity index (χ1v) is 9.32. The van der Waals surface area contributed by atoms with Gasteiger partial charge in [-0.1, -0.05) is 0 Å². The van der Waals surface area contributed by atoms with Crippen LogP contribution in [0, 0.1) is 0 Å². The highest BCUT2D eigenvalue weighted by molar-refractivity contribution is 8.06. The van der Waals surface area contributed by atoms with Gasteiger partial charge in [0.25, 0.3) is 0 Å². The van der Waals surface area contributed by atoms with E-state index in [1.165, 1.54) is 6.33 Å². The first kappa shape index (κ1) is 15.7. The van der Waals surface area contributed by atoms with Crippen molar-refractivity contribution in [2.45, 2.75) is 25.0 Å². The molecule has 3 N–H and O–H groups in total. The molecule has 0 bridgehead atoms. The monoisotopic (exact) mass is 345 g/mol. The quantitative estimate of drug-likeness (QED) is 0.671. The number of anilines is 1. The van der Waals surface area contributed by atoms with E-state index in [1.807, 2.05) is 0 Å². The molecule has 3 heterocycles. The molecule has 2 aromatic heterocycles. The molecule has 0 aromatic carbocycles. The normalized spacial score (nSPS) is 22.3. The first-order valence-electron chi connectivity index (χ1n) is 6.70. The van der Waals surface area contributed by atoms with E-state index in [4.69, 9.17) is 19.0 Å². The molecule has 22 heavy (non-hydrogen) atoms. The van der Waals surface area contributed by atoms with Crippen molar-refractivity contribution >= 4 is 30.0 Å². The topological polar surface area (TPSA) is 114 Å². The van der Waals surface area contributed by atoms with Crippen molar-refractivity contribution < 1.29 is 19.0 Å². The SMILES string of the molecule is CNc1ncnn2c([C@H]3CC[C@@H](COP(O)(O)=S)O3)cnc12. The fourth-order valence-electron chi connectivity index (χ4n) is 2.46. The van der Waals surface area contributed by atoms with E-state index in [2.05, 4.69) is 32.2 Å². The van der Waals surface area contributed by atoms with Crippen LogP contribution in [-0.2, 0) is 21.1 Å². The van der Waals surface area contributed by atoms with Gasteiger partial charge in [-0.15, -0.1) is 0 Å². The van der Waals surface area contributed by atoms with E-state index in [-0.39, 0.29) is 18.8 Å². The van der Waals surface area contributed by atoms with E-state index in [0.717, 1.165) is 18.5 Å². The summed E-state index contributed by atoms with van der Waals surface area (Å²) in [6, 6.07) is 0. The third-order valence-electron chi connectivity index (χ3n) is 3.43. The molecule has 1 saturated heterocycles. The van der Waals surface area contributed by atoms with Crippen molar-refractivity contribution in [3.63, 3.8) is 0 Å². The van der Waals surface area contributed by atoms with Crippen molar-refractivity contribution in [1.82, 2.24) is 19.6 Å². The fraction of sp³-hybridized carbons (Fsp3) is 0.545. The van der Waals surface area contributed by atoms with Crippen LogP contribution >= 0.6 is 6.72 Å². The van der Waals surface area contributed by atoms with Crippen LogP contribution in [0.2, 0.25) is 0 Å². The van der Waals surface area contributed by atoms with Gasteiger partial charge in [-0.3, -0.25) is 0 Å². The molecular formula is C11H16N5O4PS. The summed E-state index contributed by atoms with van der Waals surface area (Å²) in [7, 11) is 1.77. The zero-order chi connectivity index (χ0) is 15.7. The molecule has 2 aromatic rings. The Morgan fingerprint density at radius 1 is 1.50 bits per heavy atom. The summed E-state index contributed by atoms with van der Waals surface area (Å²) in [5, 5.41) is 7.17. The van der Waals surface area contributed by atoms with Crippen molar-refractivity contribution in [2.75, 3.05) is 19.0 Å². The molecule has 0 saturated carbocycles. The van der Waals surface area contributed by atoms with Crippen molar-refractivity contribution in [1.29, 1.82) is 0 Å². The molecule has 0 amide bonds. The third-order valence-corrected chi connectivity index (χ3v) is 4.23. The first-order chi connectivity index (χ1) is 10.5. The number of hydrogen-bond acceptors (Lipinski definition) is 7. The van der Waals surface area contributed by atoms with Gasteiger partial charge in [0.1, 0.15) is 12.4 Å². The molecule has 1 fully saturated rings. The van der Waals surface area contributed by atoms with Gasteiger partial charge in [-0.2, -0.15) is 5.10 Å². The maximum atomic E-state index is 9.09. The molecule has 1 aliphatic rings. The molecule has 120 valence electrons. The van der Waals surface area contributed by atoms with Crippen LogP contribution in [0.5, 0.6) is 0 Å². The zero-order valence-electron chi connectivity index (χ0n) is 11.8. The summed E-state index contributed by atoms with van der Waals surface area (Å²) in [6.07, 6.45) is 4.24. The summed E-state index contributed by atoms with van der Waals surface area (Å²) in [5.74, 6) is 0.639. The molecule has 9 nitrogen and oxygen atoms in total. The van der Waals surface area contributed by atoms with Crippen molar-refractivity contribution in [3.05, 3.63) is 18.2 Å². The highest BCUT2D eigenvalue weighted by Gasteiger charge is 2.30. The minimum absolute atomic E-state index is 0.0638. The van der Waals surface area contributed by atoms with Crippen molar-refractivity contribution in [3.8, 4) is 0 Å². The van der Waals surface area contributed by atoms with Gasteiger partial charge in [0.2, 0.25) is 0 Å². The number of nitrogens with zero attached hydrogens (tertiary/aromatic N) is 4. The maximum Gasteiger partial charge on any atom is 0.321 e. The Hall–Kier alpha value is -1.16.